The molecular formula is C30H35F3N6O3. The Hall–Kier alpha value is -4.09. The minimum atomic E-state index is -4.78. The quantitative estimate of drug-likeness (QED) is 0.536. The summed E-state index contributed by atoms with van der Waals surface area (Å²) >= 11 is 0. The fourth-order valence-corrected chi connectivity index (χ4v) is 6.17. The smallest absolute Gasteiger partial charge is 0.413 e. The van der Waals surface area contributed by atoms with Gasteiger partial charge in [-0.3, -0.25) is 4.79 Å². The summed E-state index contributed by atoms with van der Waals surface area (Å²) in [5.41, 5.74) is 2.07. The van der Waals surface area contributed by atoms with Gasteiger partial charge >= 0.3 is 12.1 Å². The highest BCUT2D eigenvalue weighted by molar-refractivity contribution is 5.94. The van der Waals surface area contributed by atoms with Crippen LogP contribution in [-0.2, 0) is 11.2 Å². The molecule has 1 amide bonds. The first-order valence-electron chi connectivity index (χ1n) is 14.0. The molecule has 0 saturated carbocycles. The SMILES string of the molecule is Cc1cc(N2CCC(N(C)C(=O)c3ccc4c(c3)C(N3C=CC=C(C(=O)O)C3C(F)(F)F)CC4)CC2)nc(N(C)C)n1. The lowest BCUT2D eigenvalue weighted by Gasteiger charge is -2.39. The fourth-order valence-electron chi connectivity index (χ4n) is 6.17. The van der Waals surface area contributed by atoms with E-state index in [1.807, 2.05) is 38.1 Å². The average Bonchev–Trinajstić information content (AvgIpc) is 3.38. The second-order valence-electron chi connectivity index (χ2n) is 11.3. The zero-order chi connectivity index (χ0) is 30.3. The first-order valence-corrected chi connectivity index (χ1v) is 14.0. The number of hydrogen-bond acceptors (Lipinski definition) is 7. The Labute approximate surface area is 242 Å². The number of aliphatic carboxylic acids is 1. The summed E-state index contributed by atoms with van der Waals surface area (Å²) in [7, 11) is 5.56. The van der Waals surface area contributed by atoms with E-state index in [0.717, 1.165) is 54.0 Å². The third-order valence-corrected chi connectivity index (χ3v) is 8.37. The van der Waals surface area contributed by atoms with Crippen molar-refractivity contribution in [1.29, 1.82) is 0 Å². The zero-order valence-corrected chi connectivity index (χ0v) is 24.1. The normalized spacial score (nSPS) is 20.8. The van der Waals surface area contributed by atoms with Crippen molar-refractivity contribution in [3.63, 3.8) is 0 Å². The van der Waals surface area contributed by atoms with Crippen molar-refractivity contribution < 1.29 is 27.9 Å². The molecule has 224 valence electrons. The lowest BCUT2D eigenvalue weighted by Crippen LogP contribution is -2.48. The van der Waals surface area contributed by atoms with Gasteiger partial charge in [0, 0.05) is 63.8 Å². The highest BCUT2D eigenvalue weighted by Gasteiger charge is 2.50. The Balaban J connectivity index is 1.31. The minimum Gasteiger partial charge on any atom is -0.478 e. The lowest BCUT2D eigenvalue weighted by atomic mass is 9.96. The lowest BCUT2D eigenvalue weighted by molar-refractivity contribution is -0.176. The van der Waals surface area contributed by atoms with E-state index in [-0.39, 0.29) is 11.9 Å². The van der Waals surface area contributed by atoms with Crippen LogP contribution < -0.4 is 9.80 Å². The first kappa shape index (κ1) is 29.4. The van der Waals surface area contributed by atoms with Crippen LogP contribution in [0.4, 0.5) is 24.9 Å². The molecule has 1 aromatic heterocycles. The monoisotopic (exact) mass is 584 g/mol. The number of halogens is 3. The van der Waals surface area contributed by atoms with E-state index in [2.05, 4.69) is 14.9 Å². The molecule has 2 atom stereocenters. The van der Waals surface area contributed by atoms with E-state index < -0.39 is 29.8 Å². The summed E-state index contributed by atoms with van der Waals surface area (Å²) in [6.45, 7) is 3.38. The number of aryl methyl sites for hydroxylation is 2. The van der Waals surface area contributed by atoms with Gasteiger partial charge in [0.15, 0.2) is 6.04 Å². The number of aromatic nitrogens is 2. The van der Waals surface area contributed by atoms with Gasteiger partial charge in [-0.05, 0) is 68.0 Å². The molecule has 0 spiro atoms. The number of hydrogen-bond donors (Lipinski definition) is 1. The molecule has 3 heterocycles. The number of nitrogens with zero attached hydrogens (tertiary/aromatic N) is 6. The molecule has 1 fully saturated rings. The third kappa shape index (κ3) is 5.66. The van der Waals surface area contributed by atoms with Gasteiger partial charge in [0.25, 0.3) is 5.91 Å². The summed E-state index contributed by atoms with van der Waals surface area (Å²) in [5, 5.41) is 9.47. The molecule has 1 saturated heterocycles. The van der Waals surface area contributed by atoms with Crippen LogP contribution >= 0.6 is 0 Å². The molecule has 9 nitrogen and oxygen atoms in total. The number of carbonyl (C=O) groups excluding carboxylic acids is 1. The van der Waals surface area contributed by atoms with Crippen molar-refractivity contribution in [1.82, 2.24) is 19.8 Å². The van der Waals surface area contributed by atoms with E-state index in [1.54, 1.807) is 24.1 Å². The Morgan fingerprint density at radius 1 is 1.05 bits per heavy atom. The van der Waals surface area contributed by atoms with Crippen LogP contribution in [0.1, 0.15) is 52.5 Å². The molecule has 0 radical (unpaired) electrons. The maximum absolute atomic E-state index is 14.1. The number of allylic oxidation sites excluding steroid dienone is 2. The molecule has 2 aromatic rings. The predicted molar refractivity (Wildman–Crippen MR) is 152 cm³/mol. The van der Waals surface area contributed by atoms with Gasteiger partial charge in [-0.25, -0.2) is 9.78 Å². The molecule has 1 N–H and O–H groups in total. The number of benzene rings is 1. The van der Waals surface area contributed by atoms with Crippen LogP contribution in [0.15, 0.2) is 48.2 Å². The third-order valence-electron chi connectivity index (χ3n) is 8.37. The van der Waals surface area contributed by atoms with Gasteiger partial charge in [0.2, 0.25) is 5.95 Å². The number of alkyl halides is 3. The largest absolute Gasteiger partial charge is 0.478 e. The fraction of sp³-hybridized carbons (Fsp3) is 0.467. The van der Waals surface area contributed by atoms with E-state index in [4.69, 9.17) is 0 Å². The van der Waals surface area contributed by atoms with E-state index in [0.29, 0.717) is 29.9 Å². The zero-order valence-electron chi connectivity index (χ0n) is 24.1. The molecule has 1 aromatic carbocycles. The van der Waals surface area contributed by atoms with Gasteiger partial charge < -0.3 is 24.7 Å². The Bertz CT molecular complexity index is 1430. The van der Waals surface area contributed by atoms with Crippen LogP contribution in [-0.4, -0.2) is 89.2 Å². The summed E-state index contributed by atoms with van der Waals surface area (Å²) in [5.74, 6) is -0.295. The number of carbonyl (C=O) groups is 2. The molecule has 5 rings (SSSR count). The predicted octanol–water partition coefficient (Wildman–Crippen LogP) is 4.35. The van der Waals surface area contributed by atoms with E-state index in [1.165, 1.54) is 12.3 Å². The number of carboxylic acids is 1. The standard InChI is InChI=1S/C30H35F3N6O3/c1-18-16-25(35-29(34-18)36(2)3)38-14-11-21(12-15-38)37(4)27(40)20-8-7-19-9-10-24(23(19)17-20)39-13-5-6-22(28(41)42)26(39)30(31,32)33/h5-8,13,16-17,21,24,26H,9-12,14-15H2,1-4H3,(H,41,42). The number of fused-ring (bicyclic) bond motifs is 1. The summed E-state index contributed by atoms with van der Waals surface area (Å²) in [4.78, 5) is 41.2. The van der Waals surface area contributed by atoms with Crippen LogP contribution in [0.3, 0.4) is 0 Å². The maximum Gasteiger partial charge on any atom is 0.413 e. The number of amides is 1. The molecule has 42 heavy (non-hydrogen) atoms. The summed E-state index contributed by atoms with van der Waals surface area (Å²) < 4.78 is 42.3. The van der Waals surface area contributed by atoms with Crippen molar-refractivity contribution in [2.24, 2.45) is 0 Å². The van der Waals surface area contributed by atoms with E-state index in [9.17, 15) is 27.9 Å². The molecule has 0 bridgehead atoms. The van der Waals surface area contributed by atoms with Gasteiger partial charge in [0.1, 0.15) is 5.82 Å². The van der Waals surface area contributed by atoms with Crippen molar-refractivity contribution in [3.05, 3.63) is 70.6 Å². The van der Waals surface area contributed by atoms with Crippen molar-refractivity contribution in [3.8, 4) is 0 Å². The van der Waals surface area contributed by atoms with Crippen LogP contribution in [0.5, 0.6) is 0 Å². The Kier molecular flexibility index (Phi) is 7.91. The molecule has 2 aliphatic heterocycles. The molecule has 12 heteroatoms. The van der Waals surface area contributed by atoms with E-state index >= 15 is 0 Å². The molecule has 2 unspecified atom stereocenters. The van der Waals surface area contributed by atoms with Crippen molar-refractivity contribution in [2.45, 2.75) is 56.9 Å². The molecule has 1 aliphatic carbocycles. The summed E-state index contributed by atoms with van der Waals surface area (Å²) in [6, 6.07) is 4.22. The number of piperidine rings is 1. The van der Waals surface area contributed by atoms with Gasteiger partial charge in [0.05, 0.1) is 11.6 Å². The molecule has 3 aliphatic rings. The molecular weight excluding hydrogens is 549 g/mol. The van der Waals surface area contributed by atoms with Crippen LogP contribution in [0.2, 0.25) is 0 Å². The van der Waals surface area contributed by atoms with Crippen LogP contribution in [0, 0.1) is 6.92 Å². The second kappa shape index (κ2) is 11.3. The topological polar surface area (TPSA) is 93.1 Å². The summed E-state index contributed by atoms with van der Waals surface area (Å²) in [6.07, 6.45) is 1.28. The van der Waals surface area contributed by atoms with Gasteiger partial charge in [-0.2, -0.15) is 18.2 Å². The number of anilines is 2. The number of rotatable bonds is 6. The highest BCUT2D eigenvalue weighted by atomic mass is 19.4. The van der Waals surface area contributed by atoms with Crippen molar-refractivity contribution in [2.75, 3.05) is 44.0 Å². The Morgan fingerprint density at radius 3 is 2.40 bits per heavy atom. The van der Waals surface area contributed by atoms with Gasteiger partial charge in [-0.15, -0.1) is 0 Å². The van der Waals surface area contributed by atoms with Crippen LogP contribution in [0.25, 0.3) is 0 Å². The first-order chi connectivity index (χ1) is 19.8. The van der Waals surface area contributed by atoms with Gasteiger partial charge in [-0.1, -0.05) is 6.07 Å². The second-order valence-corrected chi connectivity index (χ2v) is 11.3. The maximum atomic E-state index is 14.1. The average molecular weight is 585 g/mol. The number of carboxylic acid groups (broad SMARTS) is 1. The highest BCUT2D eigenvalue weighted by Crippen LogP contribution is 2.43. The minimum absolute atomic E-state index is 0.00282. The Morgan fingerprint density at radius 2 is 1.76 bits per heavy atom. The van der Waals surface area contributed by atoms with Crippen molar-refractivity contribution >= 4 is 23.6 Å².